The topological polar surface area (TPSA) is 63.6 Å². The summed E-state index contributed by atoms with van der Waals surface area (Å²) in [6.07, 6.45) is 2.94. The van der Waals surface area contributed by atoms with Crippen molar-refractivity contribution in [3.63, 3.8) is 0 Å². The smallest absolute Gasteiger partial charge is 0.243 e. The molecule has 0 radical (unpaired) electrons. The zero-order valence-electron chi connectivity index (χ0n) is 11.4. The molecule has 1 N–H and O–H groups in total. The van der Waals surface area contributed by atoms with E-state index in [-0.39, 0.29) is 6.04 Å². The van der Waals surface area contributed by atoms with Crippen molar-refractivity contribution in [1.82, 2.24) is 20.2 Å². The number of hydrogen-bond donors (Lipinski definition) is 1. The highest BCUT2D eigenvalue weighted by atomic mass is 32.1. The number of rotatable bonds is 4. The summed E-state index contributed by atoms with van der Waals surface area (Å²) in [7, 11) is 0. The standard InChI is InChI=1S/C14H15N5S/c1-3-10-8-15-13(20-10)9(2)16-14-17-11-6-4-5-7-12(11)18-19-14/h4-9H,3H2,1-2H3,(H,16,17,19). The largest absolute Gasteiger partial charge is 0.344 e. The lowest BCUT2D eigenvalue weighted by molar-refractivity contribution is 0.838. The number of thiazole rings is 1. The highest BCUT2D eigenvalue weighted by Gasteiger charge is 2.12. The fourth-order valence-corrected chi connectivity index (χ4v) is 2.74. The van der Waals surface area contributed by atoms with Crippen LogP contribution >= 0.6 is 11.3 Å². The minimum atomic E-state index is 0.0725. The molecule has 3 aromatic rings. The van der Waals surface area contributed by atoms with Gasteiger partial charge in [0.2, 0.25) is 5.95 Å². The molecule has 0 aliphatic rings. The molecular weight excluding hydrogens is 270 g/mol. The Morgan fingerprint density at radius 1 is 1.20 bits per heavy atom. The number of fused-ring (bicyclic) bond motifs is 1. The second-order valence-electron chi connectivity index (χ2n) is 4.51. The van der Waals surface area contributed by atoms with Crippen molar-refractivity contribution in [3.05, 3.63) is 40.3 Å². The summed E-state index contributed by atoms with van der Waals surface area (Å²) in [6.45, 7) is 4.18. The van der Waals surface area contributed by atoms with Gasteiger partial charge in [0.15, 0.2) is 0 Å². The van der Waals surface area contributed by atoms with Crippen molar-refractivity contribution in [2.24, 2.45) is 0 Å². The molecule has 0 aliphatic carbocycles. The number of aryl methyl sites for hydroxylation is 1. The van der Waals surface area contributed by atoms with E-state index in [4.69, 9.17) is 0 Å². The molecular formula is C14H15N5S. The second kappa shape index (κ2) is 5.50. The van der Waals surface area contributed by atoms with Crippen LogP contribution in [0, 0.1) is 0 Å². The van der Waals surface area contributed by atoms with E-state index < -0.39 is 0 Å². The minimum Gasteiger partial charge on any atom is -0.344 e. The number of anilines is 1. The van der Waals surface area contributed by atoms with Gasteiger partial charge in [0.25, 0.3) is 0 Å². The van der Waals surface area contributed by atoms with Crippen molar-refractivity contribution in [2.45, 2.75) is 26.3 Å². The van der Waals surface area contributed by atoms with E-state index in [1.165, 1.54) is 4.88 Å². The fraction of sp³-hybridized carbons (Fsp3) is 0.286. The Morgan fingerprint density at radius 2 is 2.00 bits per heavy atom. The van der Waals surface area contributed by atoms with E-state index in [0.29, 0.717) is 5.95 Å². The van der Waals surface area contributed by atoms with Crippen molar-refractivity contribution < 1.29 is 0 Å². The first kappa shape index (κ1) is 12.9. The van der Waals surface area contributed by atoms with Crippen molar-refractivity contribution >= 4 is 28.3 Å². The average molecular weight is 285 g/mol. The predicted octanol–water partition coefficient (Wildman–Crippen LogP) is 3.22. The quantitative estimate of drug-likeness (QED) is 0.797. The molecule has 2 heterocycles. The molecule has 0 saturated carbocycles. The van der Waals surface area contributed by atoms with E-state index in [2.05, 4.69) is 39.3 Å². The fourth-order valence-electron chi connectivity index (χ4n) is 1.88. The third kappa shape index (κ3) is 2.60. The first-order chi connectivity index (χ1) is 9.76. The third-order valence-electron chi connectivity index (χ3n) is 3.00. The van der Waals surface area contributed by atoms with Crippen LogP contribution in [-0.4, -0.2) is 20.2 Å². The number of aromatic nitrogens is 4. The summed E-state index contributed by atoms with van der Waals surface area (Å²) in [5.74, 6) is 0.532. The Hall–Kier alpha value is -2.08. The normalized spacial score (nSPS) is 12.5. The molecule has 102 valence electrons. The van der Waals surface area contributed by atoms with Gasteiger partial charge in [-0.15, -0.1) is 21.5 Å². The first-order valence-electron chi connectivity index (χ1n) is 6.57. The monoisotopic (exact) mass is 285 g/mol. The third-order valence-corrected chi connectivity index (χ3v) is 4.32. The van der Waals surface area contributed by atoms with Gasteiger partial charge in [-0.25, -0.2) is 9.97 Å². The lowest BCUT2D eigenvalue weighted by Crippen LogP contribution is -2.09. The molecule has 1 aromatic carbocycles. The van der Waals surface area contributed by atoms with Crippen LogP contribution in [0.4, 0.5) is 5.95 Å². The van der Waals surface area contributed by atoms with E-state index in [1.54, 1.807) is 11.3 Å². The average Bonchev–Trinajstić information content (AvgIpc) is 2.96. The summed E-state index contributed by atoms with van der Waals surface area (Å²) in [4.78, 5) is 10.2. The van der Waals surface area contributed by atoms with Crippen LogP contribution in [0.15, 0.2) is 30.5 Å². The van der Waals surface area contributed by atoms with Crippen LogP contribution in [0.1, 0.15) is 29.8 Å². The molecule has 5 nitrogen and oxygen atoms in total. The minimum absolute atomic E-state index is 0.0725. The highest BCUT2D eigenvalue weighted by Crippen LogP contribution is 2.22. The van der Waals surface area contributed by atoms with Gasteiger partial charge in [0.05, 0.1) is 11.6 Å². The van der Waals surface area contributed by atoms with E-state index in [1.807, 2.05) is 30.5 Å². The molecule has 1 atom stereocenters. The van der Waals surface area contributed by atoms with Gasteiger partial charge in [-0.3, -0.25) is 0 Å². The number of nitrogens with zero attached hydrogens (tertiary/aromatic N) is 4. The summed E-state index contributed by atoms with van der Waals surface area (Å²) in [5.41, 5.74) is 1.64. The van der Waals surface area contributed by atoms with E-state index in [9.17, 15) is 0 Å². The molecule has 0 amide bonds. The molecule has 6 heteroatoms. The second-order valence-corrected chi connectivity index (χ2v) is 5.66. The van der Waals surface area contributed by atoms with Gasteiger partial charge in [-0.1, -0.05) is 19.1 Å². The first-order valence-corrected chi connectivity index (χ1v) is 7.38. The summed E-state index contributed by atoms with van der Waals surface area (Å²) in [6, 6.07) is 7.77. The number of nitrogens with one attached hydrogen (secondary N) is 1. The van der Waals surface area contributed by atoms with Gasteiger partial charge in [0, 0.05) is 11.1 Å². The summed E-state index contributed by atoms with van der Waals surface area (Å²) < 4.78 is 0. The summed E-state index contributed by atoms with van der Waals surface area (Å²) >= 11 is 1.71. The predicted molar refractivity (Wildman–Crippen MR) is 80.9 cm³/mol. The Labute approximate surface area is 121 Å². The molecule has 3 rings (SSSR count). The van der Waals surface area contributed by atoms with Crippen LogP contribution in [0.25, 0.3) is 11.0 Å². The van der Waals surface area contributed by atoms with Gasteiger partial charge < -0.3 is 5.32 Å². The van der Waals surface area contributed by atoms with Crippen molar-refractivity contribution in [2.75, 3.05) is 5.32 Å². The molecule has 20 heavy (non-hydrogen) atoms. The number of hydrogen-bond acceptors (Lipinski definition) is 6. The molecule has 0 bridgehead atoms. The molecule has 1 unspecified atom stereocenters. The van der Waals surface area contributed by atoms with Crippen LogP contribution in [-0.2, 0) is 6.42 Å². The van der Waals surface area contributed by atoms with E-state index >= 15 is 0 Å². The van der Waals surface area contributed by atoms with Crippen LogP contribution in [0.3, 0.4) is 0 Å². The Bertz CT molecular complexity index is 724. The van der Waals surface area contributed by atoms with Gasteiger partial charge in [0.1, 0.15) is 10.5 Å². The Kier molecular flexibility index (Phi) is 3.56. The van der Waals surface area contributed by atoms with E-state index in [0.717, 1.165) is 22.5 Å². The highest BCUT2D eigenvalue weighted by molar-refractivity contribution is 7.11. The Balaban J connectivity index is 1.81. The van der Waals surface area contributed by atoms with Gasteiger partial charge >= 0.3 is 0 Å². The number of para-hydroxylation sites is 1. The zero-order chi connectivity index (χ0) is 13.9. The summed E-state index contributed by atoms with van der Waals surface area (Å²) in [5, 5.41) is 12.6. The molecule has 0 spiro atoms. The van der Waals surface area contributed by atoms with Crippen LogP contribution in [0.2, 0.25) is 0 Å². The zero-order valence-corrected chi connectivity index (χ0v) is 12.2. The molecule has 2 aromatic heterocycles. The SMILES string of the molecule is CCc1cnc(C(C)Nc2nnc3ccccc3n2)s1. The van der Waals surface area contributed by atoms with Gasteiger partial charge in [-0.2, -0.15) is 0 Å². The lowest BCUT2D eigenvalue weighted by Gasteiger charge is -2.10. The maximum atomic E-state index is 4.46. The maximum absolute atomic E-state index is 4.46. The number of benzene rings is 1. The lowest BCUT2D eigenvalue weighted by atomic mass is 10.3. The molecule has 0 aliphatic heterocycles. The van der Waals surface area contributed by atoms with Crippen LogP contribution in [0.5, 0.6) is 0 Å². The Morgan fingerprint density at radius 3 is 2.75 bits per heavy atom. The van der Waals surface area contributed by atoms with Crippen LogP contribution < -0.4 is 5.32 Å². The van der Waals surface area contributed by atoms with Crippen molar-refractivity contribution in [3.8, 4) is 0 Å². The molecule has 0 saturated heterocycles. The molecule has 0 fully saturated rings. The van der Waals surface area contributed by atoms with Gasteiger partial charge in [-0.05, 0) is 25.5 Å². The van der Waals surface area contributed by atoms with Crippen molar-refractivity contribution in [1.29, 1.82) is 0 Å². The maximum Gasteiger partial charge on any atom is 0.243 e.